The van der Waals surface area contributed by atoms with E-state index in [0.29, 0.717) is 66.4 Å². The lowest BCUT2D eigenvalue weighted by molar-refractivity contribution is -0.00586. The smallest absolute Gasteiger partial charge is 0.272 e. The number of halogens is 1. The van der Waals surface area contributed by atoms with Crippen molar-refractivity contribution >= 4 is 38.5 Å². The van der Waals surface area contributed by atoms with Gasteiger partial charge in [0.2, 0.25) is 0 Å². The fraction of sp³-hybridized carbons (Fsp3) is 0.320. The lowest BCUT2D eigenvalue weighted by Gasteiger charge is -2.43. The first-order valence-electron chi connectivity index (χ1n) is 10.8. The molecule has 5 rings (SSSR count). The van der Waals surface area contributed by atoms with E-state index >= 15 is 0 Å². The Bertz CT molecular complexity index is 1270. The minimum Gasteiger partial charge on any atom is -0.497 e. The SMILES string of the molecule is COc1ccc2nc(C(=O)N3CCC4(CC3)CC(=O)c3cc(Br)ccc3O4)cc(OC)c2c1. The van der Waals surface area contributed by atoms with Crippen molar-refractivity contribution in [3.63, 3.8) is 0 Å². The van der Waals surface area contributed by atoms with E-state index in [2.05, 4.69) is 20.9 Å². The van der Waals surface area contributed by atoms with Gasteiger partial charge in [0.15, 0.2) is 5.78 Å². The molecule has 2 aliphatic heterocycles. The third-order valence-electron chi connectivity index (χ3n) is 6.43. The van der Waals surface area contributed by atoms with Crippen LogP contribution in [0.3, 0.4) is 0 Å². The number of aromatic nitrogens is 1. The summed E-state index contributed by atoms with van der Waals surface area (Å²) in [6.07, 6.45) is 1.49. The molecule has 0 atom stereocenters. The molecule has 3 aromatic rings. The minimum absolute atomic E-state index is 0.0775. The number of fused-ring (bicyclic) bond motifs is 2. The molecular formula is C25H23BrN2O5. The number of ether oxygens (including phenoxy) is 3. The third kappa shape index (κ3) is 3.93. The summed E-state index contributed by atoms with van der Waals surface area (Å²) in [6, 6.07) is 12.6. The van der Waals surface area contributed by atoms with E-state index in [1.807, 2.05) is 30.3 Å². The monoisotopic (exact) mass is 510 g/mol. The van der Waals surface area contributed by atoms with Gasteiger partial charge in [0.1, 0.15) is 28.5 Å². The van der Waals surface area contributed by atoms with Crippen molar-refractivity contribution in [2.75, 3.05) is 27.3 Å². The minimum atomic E-state index is -0.570. The van der Waals surface area contributed by atoms with Gasteiger partial charge in [-0.2, -0.15) is 0 Å². The molecular weight excluding hydrogens is 488 g/mol. The zero-order chi connectivity index (χ0) is 23.2. The molecule has 0 unspecified atom stereocenters. The van der Waals surface area contributed by atoms with Crippen LogP contribution in [0.1, 0.15) is 40.1 Å². The van der Waals surface area contributed by atoms with Crippen molar-refractivity contribution in [2.24, 2.45) is 0 Å². The molecule has 0 saturated carbocycles. The highest BCUT2D eigenvalue weighted by atomic mass is 79.9. The quantitative estimate of drug-likeness (QED) is 0.510. The summed E-state index contributed by atoms with van der Waals surface area (Å²) >= 11 is 3.41. The van der Waals surface area contributed by atoms with Crippen LogP contribution in [0.25, 0.3) is 10.9 Å². The molecule has 2 aromatic carbocycles. The predicted octanol–water partition coefficient (Wildman–Crippen LogP) is 4.65. The molecule has 8 heteroatoms. The van der Waals surface area contributed by atoms with E-state index in [1.54, 1.807) is 31.3 Å². The molecule has 2 aliphatic rings. The van der Waals surface area contributed by atoms with Crippen molar-refractivity contribution < 1.29 is 23.8 Å². The Balaban J connectivity index is 1.35. The van der Waals surface area contributed by atoms with Crippen LogP contribution in [-0.2, 0) is 0 Å². The number of benzene rings is 2. The molecule has 170 valence electrons. The van der Waals surface area contributed by atoms with Crippen LogP contribution >= 0.6 is 15.9 Å². The summed E-state index contributed by atoms with van der Waals surface area (Å²) in [5, 5.41) is 0.783. The molecule has 1 saturated heterocycles. The van der Waals surface area contributed by atoms with Crippen molar-refractivity contribution in [1.82, 2.24) is 9.88 Å². The molecule has 1 fully saturated rings. The zero-order valence-corrected chi connectivity index (χ0v) is 20.0. The second kappa shape index (κ2) is 8.33. The molecule has 0 bridgehead atoms. The number of nitrogens with zero attached hydrogens (tertiary/aromatic N) is 2. The Kier molecular flexibility index (Phi) is 5.48. The second-order valence-electron chi connectivity index (χ2n) is 8.41. The first-order valence-corrected chi connectivity index (χ1v) is 11.5. The summed E-state index contributed by atoms with van der Waals surface area (Å²) in [7, 11) is 3.17. The average Bonchev–Trinajstić information content (AvgIpc) is 2.83. The number of ketones is 1. The summed E-state index contributed by atoms with van der Waals surface area (Å²) in [5.74, 6) is 1.80. The number of pyridine rings is 1. The van der Waals surface area contributed by atoms with E-state index in [0.717, 1.165) is 9.86 Å². The number of carbonyl (C=O) groups excluding carboxylic acids is 2. The third-order valence-corrected chi connectivity index (χ3v) is 6.92. The topological polar surface area (TPSA) is 78.0 Å². The maximum atomic E-state index is 13.3. The van der Waals surface area contributed by atoms with Gasteiger partial charge >= 0.3 is 0 Å². The van der Waals surface area contributed by atoms with Crippen LogP contribution in [0, 0.1) is 0 Å². The summed E-state index contributed by atoms with van der Waals surface area (Å²) in [6.45, 7) is 0.977. The Morgan fingerprint density at radius 3 is 2.61 bits per heavy atom. The van der Waals surface area contributed by atoms with E-state index in [1.165, 1.54) is 0 Å². The van der Waals surface area contributed by atoms with Gasteiger partial charge in [-0.15, -0.1) is 0 Å². The highest BCUT2D eigenvalue weighted by Crippen LogP contribution is 2.40. The predicted molar refractivity (Wildman–Crippen MR) is 126 cm³/mol. The second-order valence-corrected chi connectivity index (χ2v) is 9.33. The molecule has 7 nitrogen and oxygen atoms in total. The van der Waals surface area contributed by atoms with Crippen LogP contribution in [0.2, 0.25) is 0 Å². The maximum absolute atomic E-state index is 13.3. The molecule has 0 N–H and O–H groups in total. The van der Waals surface area contributed by atoms with Crippen LogP contribution in [0.4, 0.5) is 0 Å². The van der Waals surface area contributed by atoms with Gasteiger partial charge in [-0.3, -0.25) is 9.59 Å². The highest BCUT2D eigenvalue weighted by molar-refractivity contribution is 9.10. The van der Waals surface area contributed by atoms with Gasteiger partial charge in [0.25, 0.3) is 5.91 Å². The number of carbonyl (C=O) groups is 2. The van der Waals surface area contributed by atoms with Crippen LogP contribution in [0.15, 0.2) is 46.9 Å². The first-order chi connectivity index (χ1) is 15.9. The van der Waals surface area contributed by atoms with E-state index in [4.69, 9.17) is 14.2 Å². The van der Waals surface area contributed by atoms with Gasteiger partial charge in [-0.05, 0) is 36.4 Å². The molecule has 0 radical (unpaired) electrons. The Morgan fingerprint density at radius 2 is 1.88 bits per heavy atom. The fourth-order valence-electron chi connectivity index (χ4n) is 4.60. The van der Waals surface area contributed by atoms with Crippen LogP contribution in [0.5, 0.6) is 17.2 Å². The Labute approximate surface area is 199 Å². The standard InChI is InChI=1S/C25H23BrN2O5/c1-31-16-4-5-19-17(12-16)23(32-2)13-20(27-19)24(30)28-9-7-25(8-10-28)14-21(29)18-11-15(26)3-6-22(18)33-25/h3-6,11-13H,7-10,14H2,1-2H3. The van der Waals surface area contributed by atoms with Crippen LogP contribution in [-0.4, -0.2) is 54.5 Å². The summed E-state index contributed by atoms with van der Waals surface area (Å²) in [4.78, 5) is 32.4. The van der Waals surface area contributed by atoms with Crippen molar-refractivity contribution in [3.8, 4) is 17.2 Å². The lowest BCUT2D eigenvalue weighted by atomic mass is 9.82. The largest absolute Gasteiger partial charge is 0.497 e. The molecule has 0 aliphatic carbocycles. The first kappa shape index (κ1) is 21.7. The number of likely N-dealkylation sites (tertiary alicyclic amines) is 1. The van der Waals surface area contributed by atoms with E-state index in [9.17, 15) is 9.59 Å². The zero-order valence-electron chi connectivity index (χ0n) is 18.4. The maximum Gasteiger partial charge on any atom is 0.272 e. The molecule has 1 spiro atoms. The lowest BCUT2D eigenvalue weighted by Crippen LogP contribution is -2.52. The van der Waals surface area contributed by atoms with Gasteiger partial charge in [-0.25, -0.2) is 4.98 Å². The summed E-state index contributed by atoms with van der Waals surface area (Å²) < 4.78 is 18.0. The number of amides is 1. The molecule has 1 amide bonds. The Morgan fingerprint density at radius 1 is 1.09 bits per heavy atom. The molecule has 33 heavy (non-hydrogen) atoms. The average molecular weight is 511 g/mol. The number of hydrogen-bond acceptors (Lipinski definition) is 6. The van der Waals surface area contributed by atoms with Crippen molar-refractivity contribution in [3.05, 3.63) is 58.2 Å². The normalized spacial score (nSPS) is 16.9. The highest BCUT2D eigenvalue weighted by Gasteiger charge is 2.44. The number of piperidine rings is 1. The number of methoxy groups -OCH3 is 2. The van der Waals surface area contributed by atoms with E-state index in [-0.39, 0.29) is 11.7 Å². The Hall–Kier alpha value is -3.13. The van der Waals surface area contributed by atoms with Gasteiger partial charge in [-0.1, -0.05) is 15.9 Å². The molecule has 1 aromatic heterocycles. The number of Topliss-reactive ketones (excluding diaryl/α,β-unsaturated/α-hetero) is 1. The van der Waals surface area contributed by atoms with Crippen molar-refractivity contribution in [2.45, 2.75) is 24.9 Å². The van der Waals surface area contributed by atoms with Gasteiger partial charge in [0.05, 0.1) is 31.7 Å². The van der Waals surface area contributed by atoms with Crippen molar-refractivity contribution in [1.29, 1.82) is 0 Å². The van der Waals surface area contributed by atoms with Gasteiger partial charge < -0.3 is 19.1 Å². The number of rotatable bonds is 3. The van der Waals surface area contributed by atoms with Gasteiger partial charge in [0, 0.05) is 41.9 Å². The van der Waals surface area contributed by atoms with E-state index < -0.39 is 5.60 Å². The fourth-order valence-corrected chi connectivity index (χ4v) is 4.96. The molecule has 3 heterocycles. The number of hydrogen-bond donors (Lipinski definition) is 0. The summed E-state index contributed by atoms with van der Waals surface area (Å²) in [5.41, 5.74) is 1.03. The van der Waals surface area contributed by atoms with Crippen LogP contribution < -0.4 is 14.2 Å².